The zero-order valence-corrected chi connectivity index (χ0v) is 11.1. The Morgan fingerprint density at radius 1 is 1.14 bits per heavy atom. The number of hydrogen-bond donors (Lipinski definition) is 0. The Hall–Kier alpha value is -0.260. The van der Waals surface area contributed by atoms with Crippen LogP contribution >= 0.6 is 0 Å². The van der Waals surface area contributed by atoms with E-state index >= 15 is 0 Å². The quantitative estimate of drug-likeness (QED) is 0.540. The predicted molar refractivity (Wildman–Crippen MR) is 66.4 cm³/mol. The van der Waals surface area contributed by atoms with Gasteiger partial charge in [-0.3, -0.25) is 0 Å². The summed E-state index contributed by atoms with van der Waals surface area (Å²) < 4.78 is 0. The van der Waals surface area contributed by atoms with Crippen LogP contribution in [0.25, 0.3) is 0 Å². The zero-order chi connectivity index (χ0) is 11.4. The second-order valence-electron chi connectivity index (χ2n) is 5.74. The third-order valence-electron chi connectivity index (χ3n) is 3.91. The lowest BCUT2D eigenvalue weighted by Gasteiger charge is -2.36. The summed E-state index contributed by atoms with van der Waals surface area (Å²) >= 11 is 0. The van der Waals surface area contributed by atoms with Crippen molar-refractivity contribution in [3.05, 3.63) is 11.6 Å². The zero-order valence-electron chi connectivity index (χ0n) is 11.1. The van der Waals surface area contributed by atoms with Crippen molar-refractivity contribution in [2.75, 3.05) is 0 Å². The minimum atomic E-state index is 0.468. The summed E-state index contributed by atoms with van der Waals surface area (Å²) in [6.07, 6.45) is 4.91. The normalized spacial score (nSPS) is 14.3. The Balaban J connectivity index is 4.08. The monoisotopic (exact) mass is 196 g/mol. The van der Waals surface area contributed by atoms with Gasteiger partial charge < -0.3 is 0 Å². The Labute approximate surface area is 90.8 Å². The molecule has 0 aromatic rings. The van der Waals surface area contributed by atoms with E-state index < -0.39 is 0 Å². The molecule has 0 spiro atoms. The first-order chi connectivity index (χ1) is 6.28. The molecule has 0 aromatic heterocycles. The lowest BCUT2D eigenvalue weighted by atomic mass is 9.70. The third-order valence-corrected chi connectivity index (χ3v) is 3.91. The minimum Gasteiger partial charge on any atom is -0.0859 e. The van der Waals surface area contributed by atoms with Crippen molar-refractivity contribution < 1.29 is 0 Å². The molecule has 0 aliphatic rings. The summed E-state index contributed by atoms with van der Waals surface area (Å²) in [5, 5.41) is 0. The lowest BCUT2D eigenvalue weighted by Crippen LogP contribution is -2.27. The fourth-order valence-corrected chi connectivity index (χ4v) is 1.56. The number of rotatable bonds is 5. The summed E-state index contributed by atoms with van der Waals surface area (Å²) in [6.45, 7) is 16.2. The molecule has 0 heteroatoms. The van der Waals surface area contributed by atoms with Gasteiger partial charge in [-0.25, -0.2) is 0 Å². The maximum Gasteiger partial charge on any atom is -0.0305 e. The smallest absolute Gasteiger partial charge is 0.0305 e. The van der Waals surface area contributed by atoms with Crippen LogP contribution in [0, 0.1) is 17.3 Å². The first kappa shape index (κ1) is 13.7. The molecule has 0 radical (unpaired) electrons. The summed E-state index contributed by atoms with van der Waals surface area (Å²) in [4.78, 5) is 0. The molecule has 1 atom stereocenters. The van der Waals surface area contributed by atoms with Crippen LogP contribution in [0.2, 0.25) is 0 Å². The molecule has 1 unspecified atom stereocenters. The molecule has 0 amide bonds. The first-order valence-corrected chi connectivity index (χ1v) is 5.91. The predicted octanol–water partition coefficient (Wildman–Crippen LogP) is 5.05. The van der Waals surface area contributed by atoms with Crippen LogP contribution in [0.3, 0.4) is 0 Å². The highest BCUT2D eigenvalue weighted by Gasteiger charge is 2.28. The van der Waals surface area contributed by atoms with Gasteiger partial charge in [-0.2, -0.15) is 0 Å². The SMILES string of the molecule is CC(C)=CCCC(C)C(C)(C)C(C)C. The maximum atomic E-state index is 2.39. The molecule has 84 valence electrons. The van der Waals surface area contributed by atoms with Crippen LogP contribution < -0.4 is 0 Å². The molecule has 14 heavy (non-hydrogen) atoms. The fourth-order valence-electron chi connectivity index (χ4n) is 1.56. The molecule has 0 aliphatic heterocycles. The first-order valence-electron chi connectivity index (χ1n) is 5.91. The molecular weight excluding hydrogens is 168 g/mol. The highest BCUT2D eigenvalue weighted by Crippen LogP contribution is 2.37. The average molecular weight is 196 g/mol. The van der Waals surface area contributed by atoms with Crippen molar-refractivity contribution in [3.8, 4) is 0 Å². The van der Waals surface area contributed by atoms with Gasteiger partial charge in [0.1, 0.15) is 0 Å². The van der Waals surface area contributed by atoms with Crippen LogP contribution in [0.5, 0.6) is 0 Å². The van der Waals surface area contributed by atoms with Crippen molar-refractivity contribution in [1.82, 2.24) is 0 Å². The van der Waals surface area contributed by atoms with Crippen LogP contribution in [-0.4, -0.2) is 0 Å². The van der Waals surface area contributed by atoms with Gasteiger partial charge in [-0.05, 0) is 43.9 Å². The van der Waals surface area contributed by atoms with Crippen LogP contribution in [-0.2, 0) is 0 Å². The molecule has 0 saturated heterocycles. The topological polar surface area (TPSA) is 0 Å². The molecule has 0 aromatic carbocycles. The lowest BCUT2D eigenvalue weighted by molar-refractivity contribution is 0.144. The van der Waals surface area contributed by atoms with Crippen molar-refractivity contribution in [2.45, 2.75) is 61.3 Å². The summed E-state index contributed by atoms with van der Waals surface area (Å²) in [7, 11) is 0. The summed E-state index contributed by atoms with van der Waals surface area (Å²) in [6, 6.07) is 0. The van der Waals surface area contributed by atoms with E-state index in [4.69, 9.17) is 0 Å². The van der Waals surface area contributed by atoms with E-state index in [2.05, 4.69) is 54.5 Å². The molecule has 0 aliphatic carbocycles. The Kier molecular flexibility index (Phi) is 5.48. The van der Waals surface area contributed by atoms with E-state index in [0.29, 0.717) is 5.41 Å². The summed E-state index contributed by atoms with van der Waals surface area (Å²) in [5.74, 6) is 1.57. The van der Waals surface area contributed by atoms with E-state index in [9.17, 15) is 0 Å². The molecule has 0 nitrogen and oxygen atoms in total. The second-order valence-corrected chi connectivity index (χ2v) is 5.74. The maximum absolute atomic E-state index is 2.39. The molecule has 0 N–H and O–H groups in total. The van der Waals surface area contributed by atoms with Gasteiger partial charge in [0.25, 0.3) is 0 Å². The summed E-state index contributed by atoms with van der Waals surface area (Å²) in [5.41, 5.74) is 1.91. The van der Waals surface area contributed by atoms with Gasteiger partial charge in [0.2, 0.25) is 0 Å². The van der Waals surface area contributed by atoms with Gasteiger partial charge in [0.15, 0.2) is 0 Å². The van der Waals surface area contributed by atoms with E-state index in [1.165, 1.54) is 18.4 Å². The van der Waals surface area contributed by atoms with Gasteiger partial charge >= 0.3 is 0 Å². The minimum absolute atomic E-state index is 0.468. The standard InChI is InChI=1S/C14H28/c1-11(2)9-8-10-13(5)14(6,7)12(3)4/h9,12-13H,8,10H2,1-7H3. The molecule has 0 heterocycles. The average Bonchev–Trinajstić information content (AvgIpc) is 2.02. The van der Waals surface area contributed by atoms with Crippen molar-refractivity contribution >= 4 is 0 Å². The highest BCUT2D eigenvalue weighted by molar-refractivity contribution is 4.93. The molecular formula is C14H28. The van der Waals surface area contributed by atoms with Crippen LogP contribution in [0.4, 0.5) is 0 Å². The van der Waals surface area contributed by atoms with Crippen molar-refractivity contribution in [2.24, 2.45) is 17.3 Å². The van der Waals surface area contributed by atoms with Crippen molar-refractivity contribution in [3.63, 3.8) is 0 Å². The third kappa shape index (κ3) is 4.30. The second kappa shape index (κ2) is 5.58. The Bertz CT molecular complexity index is 180. The van der Waals surface area contributed by atoms with Gasteiger partial charge in [0.05, 0.1) is 0 Å². The van der Waals surface area contributed by atoms with Crippen LogP contribution in [0.15, 0.2) is 11.6 Å². The van der Waals surface area contributed by atoms with E-state index in [-0.39, 0.29) is 0 Å². The van der Waals surface area contributed by atoms with Crippen LogP contribution in [0.1, 0.15) is 61.3 Å². The number of allylic oxidation sites excluding steroid dienone is 2. The highest BCUT2D eigenvalue weighted by atomic mass is 14.3. The van der Waals surface area contributed by atoms with Gasteiger partial charge in [-0.15, -0.1) is 0 Å². The van der Waals surface area contributed by atoms with Crippen molar-refractivity contribution in [1.29, 1.82) is 0 Å². The molecule has 0 rings (SSSR count). The number of hydrogen-bond acceptors (Lipinski definition) is 0. The fraction of sp³-hybridized carbons (Fsp3) is 0.857. The Morgan fingerprint density at radius 3 is 2.00 bits per heavy atom. The largest absolute Gasteiger partial charge is 0.0859 e. The van der Waals surface area contributed by atoms with Gasteiger partial charge in [-0.1, -0.05) is 46.3 Å². The van der Waals surface area contributed by atoms with E-state index in [1.54, 1.807) is 0 Å². The van der Waals surface area contributed by atoms with Gasteiger partial charge in [0, 0.05) is 0 Å². The van der Waals surface area contributed by atoms with E-state index in [0.717, 1.165) is 11.8 Å². The molecule has 0 saturated carbocycles. The Morgan fingerprint density at radius 2 is 1.64 bits per heavy atom. The van der Waals surface area contributed by atoms with E-state index in [1.807, 2.05) is 0 Å². The molecule has 0 bridgehead atoms. The molecule has 0 fully saturated rings.